The molecule has 31 heavy (non-hydrogen) atoms. The zero-order chi connectivity index (χ0) is 21.9. The standard InChI is InChI=1S/C26H24O4S/c1-2-30-24(27)18-21-19-31(28,29)26(22-14-8-4-9-15-22,23-16-10-5-11-17-23)25(21)20-12-6-3-7-13-20/h3-18,25H,2,19H2,1H3. The second-order valence-electron chi connectivity index (χ2n) is 7.54. The molecule has 5 heteroatoms. The molecule has 4 nitrogen and oxygen atoms in total. The van der Waals surface area contributed by atoms with Crippen LogP contribution in [0.25, 0.3) is 0 Å². The van der Waals surface area contributed by atoms with Gasteiger partial charge in [-0.1, -0.05) is 91.0 Å². The highest BCUT2D eigenvalue weighted by molar-refractivity contribution is 7.93. The van der Waals surface area contributed by atoms with E-state index >= 15 is 0 Å². The van der Waals surface area contributed by atoms with Crippen LogP contribution in [0.5, 0.6) is 0 Å². The fraction of sp³-hybridized carbons (Fsp3) is 0.192. The van der Waals surface area contributed by atoms with Crippen LogP contribution < -0.4 is 0 Å². The Morgan fingerprint density at radius 2 is 1.39 bits per heavy atom. The largest absolute Gasteiger partial charge is 0.463 e. The number of carbonyl (C=O) groups is 1. The van der Waals surface area contributed by atoms with Gasteiger partial charge < -0.3 is 4.74 Å². The lowest BCUT2D eigenvalue weighted by Crippen LogP contribution is -2.38. The van der Waals surface area contributed by atoms with Crippen molar-refractivity contribution in [3.8, 4) is 0 Å². The van der Waals surface area contributed by atoms with Gasteiger partial charge in [0.05, 0.1) is 12.4 Å². The van der Waals surface area contributed by atoms with E-state index in [9.17, 15) is 13.2 Å². The Kier molecular flexibility index (Phi) is 5.79. The number of benzene rings is 3. The third-order valence-electron chi connectivity index (χ3n) is 5.75. The molecule has 0 saturated carbocycles. The molecule has 0 N–H and O–H groups in total. The Morgan fingerprint density at radius 1 is 0.903 bits per heavy atom. The summed E-state index contributed by atoms with van der Waals surface area (Å²) in [5.41, 5.74) is 2.74. The number of sulfone groups is 1. The highest BCUT2D eigenvalue weighted by Gasteiger charge is 2.59. The van der Waals surface area contributed by atoms with Gasteiger partial charge in [0.2, 0.25) is 0 Å². The maximum atomic E-state index is 14.0. The van der Waals surface area contributed by atoms with Crippen LogP contribution in [0.1, 0.15) is 29.5 Å². The predicted molar refractivity (Wildman–Crippen MR) is 121 cm³/mol. The van der Waals surface area contributed by atoms with Crippen molar-refractivity contribution in [3.05, 3.63) is 119 Å². The summed E-state index contributed by atoms with van der Waals surface area (Å²) in [4.78, 5) is 12.4. The van der Waals surface area contributed by atoms with Gasteiger partial charge in [-0.25, -0.2) is 13.2 Å². The van der Waals surface area contributed by atoms with Gasteiger partial charge in [0.1, 0.15) is 4.75 Å². The van der Waals surface area contributed by atoms with Gasteiger partial charge in [0.15, 0.2) is 9.84 Å². The Bertz CT molecular complexity index is 1140. The van der Waals surface area contributed by atoms with Crippen LogP contribution in [0.4, 0.5) is 0 Å². The highest BCUT2D eigenvalue weighted by atomic mass is 32.2. The van der Waals surface area contributed by atoms with Gasteiger partial charge >= 0.3 is 5.97 Å². The molecule has 1 saturated heterocycles. The summed E-state index contributed by atoms with van der Waals surface area (Å²) >= 11 is 0. The second-order valence-corrected chi connectivity index (χ2v) is 9.70. The van der Waals surface area contributed by atoms with Crippen molar-refractivity contribution < 1.29 is 17.9 Å². The minimum absolute atomic E-state index is 0.213. The zero-order valence-electron chi connectivity index (χ0n) is 17.3. The Balaban J connectivity index is 2.09. The van der Waals surface area contributed by atoms with Crippen LogP contribution in [0, 0.1) is 0 Å². The van der Waals surface area contributed by atoms with Crippen LogP contribution in [0.2, 0.25) is 0 Å². The van der Waals surface area contributed by atoms with Crippen LogP contribution >= 0.6 is 0 Å². The summed E-state index contributed by atoms with van der Waals surface area (Å²) in [6.45, 7) is 1.96. The van der Waals surface area contributed by atoms with Crippen molar-refractivity contribution in [1.29, 1.82) is 0 Å². The Labute approximate surface area is 183 Å². The second kappa shape index (κ2) is 8.52. The highest BCUT2D eigenvalue weighted by Crippen LogP contribution is 2.57. The SMILES string of the molecule is CCOC(=O)C=C1CS(=O)(=O)C(c2ccccc2)(c2ccccc2)C1c1ccccc1. The molecule has 0 spiro atoms. The summed E-state index contributed by atoms with van der Waals surface area (Å²) < 4.78 is 31.8. The van der Waals surface area contributed by atoms with Gasteiger partial charge in [-0.15, -0.1) is 0 Å². The zero-order valence-corrected chi connectivity index (χ0v) is 18.1. The summed E-state index contributed by atoms with van der Waals surface area (Å²) in [6.07, 6.45) is 1.37. The molecule has 158 valence electrons. The van der Waals surface area contributed by atoms with E-state index in [1.54, 1.807) is 6.92 Å². The van der Waals surface area contributed by atoms with E-state index in [-0.39, 0.29) is 12.4 Å². The molecular weight excluding hydrogens is 408 g/mol. The first-order chi connectivity index (χ1) is 15.0. The molecule has 1 unspecified atom stereocenters. The van der Waals surface area contributed by atoms with Crippen molar-refractivity contribution in [2.75, 3.05) is 12.4 Å². The van der Waals surface area contributed by atoms with Crippen LogP contribution in [0.15, 0.2) is 103 Å². The maximum Gasteiger partial charge on any atom is 0.330 e. The number of carbonyl (C=O) groups excluding carboxylic acids is 1. The molecule has 0 amide bonds. The molecule has 3 aromatic carbocycles. The molecule has 1 fully saturated rings. The first-order valence-corrected chi connectivity index (χ1v) is 11.9. The van der Waals surface area contributed by atoms with Crippen LogP contribution in [-0.4, -0.2) is 26.7 Å². The number of rotatable bonds is 5. The number of ether oxygens (including phenoxy) is 1. The molecule has 0 bridgehead atoms. The molecule has 3 aromatic rings. The molecule has 1 aliphatic heterocycles. The lowest BCUT2D eigenvalue weighted by Gasteiger charge is -2.36. The summed E-state index contributed by atoms with van der Waals surface area (Å²) in [5, 5.41) is 0. The van der Waals surface area contributed by atoms with Crippen molar-refractivity contribution >= 4 is 15.8 Å². The topological polar surface area (TPSA) is 60.4 Å². The Hall–Kier alpha value is -3.18. The summed E-state index contributed by atoms with van der Waals surface area (Å²) in [6, 6.07) is 28.1. The normalized spacial score (nSPS) is 20.4. The van der Waals surface area contributed by atoms with Gasteiger partial charge in [-0.3, -0.25) is 0 Å². The van der Waals surface area contributed by atoms with Crippen molar-refractivity contribution in [3.63, 3.8) is 0 Å². The van der Waals surface area contributed by atoms with Gasteiger partial charge in [0, 0.05) is 12.0 Å². The van der Waals surface area contributed by atoms with E-state index in [1.807, 2.05) is 91.0 Å². The van der Waals surface area contributed by atoms with Crippen molar-refractivity contribution in [2.24, 2.45) is 0 Å². The van der Waals surface area contributed by atoms with E-state index in [0.717, 1.165) is 5.56 Å². The summed E-state index contributed by atoms with van der Waals surface area (Å²) in [5.74, 6) is -1.30. The average Bonchev–Trinajstić information content (AvgIpc) is 3.02. The first kappa shape index (κ1) is 21.1. The molecule has 0 radical (unpaired) electrons. The van der Waals surface area contributed by atoms with Crippen LogP contribution in [0.3, 0.4) is 0 Å². The van der Waals surface area contributed by atoms with Crippen molar-refractivity contribution in [1.82, 2.24) is 0 Å². The first-order valence-electron chi connectivity index (χ1n) is 10.3. The molecule has 1 atom stereocenters. The predicted octanol–water partition coefficient (Wildman–Crippen LogP) is 4.63. The maximum absolute atomic E-state index is 14.0. The average molecular weight is 433 g/mol. The Morgan fingerprint density at radius 3 is 1.87 bits per heavy atom. The van der Waals surface area contributed by atoms with E-state index < -0.39 is 26.5 Å². The number of esters is 1. The number of hydrogen-bond acceptors (Lipinski definition) is 4. The fourth-order valence-electron chi connectivity index (χ4n) is 4.64. The summed E-state index contributed by atoms with van der Waals surface area (Å²) in [7, 11) is -3.74. The van der Waals surface area contributed by atoms with Gasteiger partial charge in [-0.05, 0) is 29.2 Å². The number of hydrogen-bond donors (Lipinski definition) is 0. The van der Waals surface area contributed by atoms with E-state index in [2.05, 4.69) is 0 Å². The third-order valence-corrected chi connectivity index (χ3v) is 8.15. The quantitative estimate of drug-likeness (QED) is 0.436. The smallest absolute Gasteiger partial charge is 0.330 e. The minimum Gasteiger partial charge on any atom is -0.463 e. The van der Waals surface area contributed by atoms with Crippen LogP contribution in [-0.2, 0) is 24.1 Å². The molecule has 1 aliphatic rings. The van der Waals surface area contributed by atoms with Gasteiger partial charge in [-0.2, -0.15) is 0 Å². The molecular formula is C26H24O4S. The van der Waals surface area contributed by atoms with Gasteiger partial charge in [0.25, 0.3) is 0 Å². The monoisotopic (exact) mass is 432 g/mol. The fourth-order valence-corrected chi connectivity index (χ4v) is 7.20. The molecule has 1 heterocycles. The van der Waals surface area contributed by atoms with E-state index in [0.29, 0.717) is 16.7 Å². The minimum atomic E-state index is -3.74. The molecule has 4 rings (SSSR count). The van der Waals surface area contributed by atoms with Crippen molar-refractivity contribution in [2.45, 2.75) is 17.6 Å². The third kappa shape index (κ3) is 3.59. The van der Waals surface area contributed by atoms with E-state index in [1.165, 1.54) is 6.08 Å². The molecule has 0 aromatic heterocycles. The van der Waals surface area contributed by atoms with E-state index in [4.69, 9.17) is 4.74 Å². The lowest BCUT2D eigenvalue weighted by molar-refractivity contribution is -0.137. The lowest BCUT2D eigenvalue weighted by atomic mass is 9.73. The molecule has 0 aliphatic carbocycles.